The number of nitrogens with one attached hydrogen (secondary N) is 2. The van der Waals surface area contributed by atoms with Crippen LogP contribution in [0.15, 0.2) is 47.4 Å². The molecule has 7 nitrogen and oxygen atoms in total. The molecule has 1 aliphatic heterocycles. The lowest BCUT2D eigenvalue weighted by Crippen LogP contribution is -2.40. The van der Waals surface area contributed by atoms with Gasteiger partial charge in [0.15, 0.2) is 11.5 Å². The molecule has 1 aliphatic rings. The van der Waals surface area contributed by atoms with Gasteiger partial charge in [0.2, 0.25) is 6.79 Å². The van der Waals surface area contributed by atoms with Crippen molar-refractivity contribution in [2.45, 2.75) is 31.2 Å². The first-order valence-corrected chi connectivity index (χ1v) is 9.47. The van der Waals surface area contributed by atoms with Gasteiger partial charge in [-0.15, -0.1) is 0 Å². The first-order chi connectivity index (χ1) is 12.1. The van der Waals surface area contributed by atoms with Gasteiger partial charge in [0.1, 0.15) is 0 Å². The summed E-state index contributed by atoms with van der Waals surface area (Å²) in [5, 5.41) is 2.83. The van der Waals surface area contributed by atoms with Crippen LogP contribution in [0.5, 0.6) is 11.5 Å². The number of rotatable bonds is 4. The quantitative estimate of drug-likeness (QED) is 0.856. The Balaban J connectivity index is 1.76. The van der Waals surface area contributed by atoms with E-state index in [1.54, 1.807) is 18.2 Å². The van der Waals surface area contributed by atoms with Gasteiger partial charge in [0, 0.05) is 17.2 Å². The zero-order valence-corrected chi connectivity index (χ0v) is 15.5. The van der Waals surface area contributed by atoms with Crippen molar-refractivity contribution in [1.29, 1.82) is 0 Å². The van der Waals surface area contributed by atoms with E-state index in [2.05, 4.69) is 10.0 Å². The van der Waals surface area contributed by atoms with Crippen LogP contribution in [0.3, 0.4) is 0 Å². The van der Waals surface area contributed by atoms with Crippen molar-refractivity contribution in [2.24, 2.45) is 0 Å². The summed E-state index contributed by atoms with van der Waals surface area (Å²) < 4.78 is 38.0. The van der Waals surface area contributed by atoms with Crippen LogP contribution in [0.1, 0.15) is 31.1 Å². The molecular weight excluding hydrogens is 356 g/mol. The number of carbonyl (C=O) groups is 1. The Labute approximate surface area is 152 Å². The second-order valence-corrected chi connectivity index (χ2v) is 8.58. The maximum absolute atomic E-state index is 12.5. The highest BCUT2D eigenvalue weighted by atomic mass is 32.2. The van der Waals surface area contributed by atoms with Crippen molar-refractivity contribution < 1.29 is 22.7 Å². The van der Waals surface area contributed by atoms with Crippen molar-refractivity contribution in [3.63, 3.8) is 0 Å². The summed E-state index contributed by atoms with van der Waals surface area (Å²) in [5.74, 6) is 0.798. The normalized spacial score (nSPS) is 13.3. The molecule has 2 N–H and O–H groups in total. The van der Waals surface area contributed by atoms with Crippen molar-refractivity contribution in [1.82, 2.24) is 5.32 Å². The van der Waals surface area contributed by atoms with Gasteiger partial charge in [-0.25, -0.2) is 8.42 Å². The number of hydrogen-bond acceptors (Lipinski definition) is 5. The maximum Gasteiger partial charge on any atom is 0.261 e. The molecule has 0 radical (unpaired) electrons. The molecule has 3 rings (SSSR count). The third kappa shape index (κ3) is 4.08. The third-order valence-corrected chi connectivity index (χ3v) is 4.94. The van der Waals surface area contributed by atoms with Crippen molar-refractivity contribution in [3.8, 4) is 11.5 Å². The average Bonchev–Trinajstić information content (AvgIpc) is 3.00. The molecule has 1 heterocycles. The number of carbonyl (C=O) groups excluding carboxylic acids is 1. The lowest BCUT2D eigenvalue weighted by molar-refractivity contribution is 0.0919. The fourth-order valence-corrected chi connectivity index (χ4v) is 3.42. The molecule has 0 fully saturated rings. The lowest BCUT2D eigenvalue weighted by atomic mass is 10.1. The Morgan fingerprint density at radius 3 is 2.31 bits per heavy atom. The fourth-order valence-electron chi connectivity index (χ4n) is 2.37. The molecule has 0 bridgehead atoms. The number of anilines is 1. The number of ether oxygens (including phenoxy) is 2. The second-order valence-electron chi connectivity index (χ2n) is 6.90. The predicted octanol–water partition coefficient (Wildman–Crippen LogP) is 2.74. The summed E-state index contributed by atoms with van der Waals surface area (Å²) in [6.45, 7) is 5.74. The van der Waals surface area contributed by atoms with Gasteiger partial charge < -0.3 is 14.8 Å². The van der Waals surface area contributed by atoms with Crippen LogP contribution < -0.4 is 19.5 Å². The van der Waals surface area contributed by atoms with E-state index in [1.165, 1.54) is 24.3 Å². The van der Waals surface area contributed by atoms with E-state index >= 15 is 0 Å². The molecule has 2 aromatic rings. The number of hydrogen-bond donors (Lipinski definition) is 2. The molecule has 0 spiro atoms. The summed E-state index contributed by atoms with van der Waals surface area (Å²) in [6.07, 6.45) is 0. The van der Waals surface area contributed by atoms with Crippen LogP contribution in [0.25, 0.3) is 0 Å². The zero-order valence-electron chi connectivity index (χ0n) is 14.7. The zero-order chi connectivity index (χ0) is 18.9. The Hall–Kier alpha value is -2.74. The van der Waals surface area contributed by atoms with E-state index in [0.717, 1.165) is 0 Å². The van der Waals surface area contributed by atoms with Crippen LogP contribution in [-0.4, -0.2) is 26.7 Å². The first kappa shape index (κ1) is 18.1. The van der Waals surface area contributed by atoms with E-state index in [4.69, 9.17) is 9.47 Å². The van der Waals surface area contributed by atoms with Gasteiger partial charge in [-0.05, 0) is 57.2 Å². The minimum absolute atomic E-state index is 0.0578. The minimum atomic E-state index is -3.79. The number of benzene rings is 2. The van der Waals surface area contributed by atoms with Gasteiger partial charge in [-0.1, -0.05) is 0 Å². The van der Waals surface area contributed by atoms with E-state index in [1.807, 2.05) is 20.8 Å². The van der Waals surface area contributed by atoms with Crippen LogP contribution in [0.2, 0.25) is 0 Å². The molecule has 0 saturated heterocycles. The van der Waals surface area contributed by atoms with Gasteiger partial charge in [-0.2, -0.15) is 0 Å². The standard InChI is InChI=1S/C18H20N2O5S/c1-18(2,3)19-17(21)12-4-7-14(8-5-12)26(22,23)20-13-6-9-15-16(10-13)25-11-24-15/h4-10,20H,11H2,1-3H3,(H,19,21). The predicted molar refractivity (Wildman–Crippen MR) is 97.0 cm³/mol. The average molecular weight is 376 g/mol. The van der Waals surface area contributed by atoms with Gasteiger partial charge in [-0.3, -0.25) is 9.52 Å². The minimum Gasteiger partial charge on any atom is -0.454 e. The Kier molecular flexibility index (Phi) is 4.53. The van der Waals surface area contributed by atoms with Crippen LogP contribution in [-0.2, 0) is 10.0 Å². The molecule has 0 atom stereocenters. The van der Waals surface area contributed by atoms with Crippen LogP contribution in [0, 0.1) is 0 Å². The summed E-state index contributed by atoms with van der Waals surface area (Å²) in [4.78, 5) is 12.2. The summed E-state index contributed by atoms with van der Waals surface area (Å²) in [6, 6.07) is 10.5. The largest absolute Gasteiger partial charge is 0.454 e. The van der Waals surface area contributed by atoms with Crippen molar-refractivity contribution in [2.75, 3.05) is 11.5 Å². The Morgan fingerprint density at radius 1 is 1.00 bits per heavy atom. The van der Waals surface area contributed by atoms with Crippen LogP contribution in [0.4, 0.5) is 5.69 Å². The smallest absolute Gasteiger partial charge is 0.261 e. The highest BCUT2D eigenvalue weighted by Gasteiger charge is 2.19. The number of fused-ring (bicyclic) bond motifs is 1. The SMILES string of the molecule is CC(C)(C)NC(=O)c1ccc(S(=O)(=O)Nc2ccc3c(c2)OCO3)cc1. The molecule has 8 heteroatoms. The second kappa shape index (κ2) is 6.53. The Morgan fingerprint density at radius 2 is 1.65 bits per heavy atom. The molecule has 0 aromatic heterocycles. The van der Waals surface area contributed by atoms with Crippen molar-refractivity contribution >= 4 is 21.6 Å². The molecule has 26 heavy (non-hydrogen) atoms. The fraction of sp³-hybridized carbons (Fsp3) is 0.278. The summed E-state index contributed by atoms with van der Waals surface area (Å²) in [7, 11) is -3.79. The van der Waals surface area contributed by atoms with Crippen molar-refractivity contribution in [3.05, 3.63) is 48.0 Å². The maximum atomic E-state index is 12.5. The molecular formula is C18H20N2O5S. The van der Waals surface area contributed by atoms with E-state index in [0.29, 0.717) is 22.7 Å². The summed E-state index contributed by atoms with van der Waals surface area (Å²) >= 11 is 0. The van der Waals surface area contributed by atoms with E-state index < -0.39 is 10.0 Å². The molecule has 2 aromatic carbocycles. The van der Waals surface area contributed by atoms with Gasteiger partial charge in [0.25, 0.3) is 15.9 Å². The molecule has 1 amide bonds. The molecule has 0 aliphatic carbocycles. The lowest BCUT2D eigenvalue weighted by Gasteiger charge is -2.20. The van der Waals surface area contributed by atoms with Crippen LogP contribution >= 0.6 is 0 Å². The highest BCUT2D eigenvalue weighted by molar-refractivity contribution is 7.92. The monoisotopic (exact) mass is 376 g/mol. The number of amides is 1. The van der Waals surface area contributed by atoms with E-state index in [9.17, 15) is 13.2 Å². The van der Waals surface area contributed by atoms with Gasteiger partial charge >= 0.3 is 0 Å². The van der Waals surface area contributed by atoms with Gasteiger partial charge in [0.05, 0.1) is 10.6 Å². The first-order valence-electron chi connectivity index (χ1n) is 7.99. The molecule has 138 valence electrons. The Bertz CT molecular complexity index is 931. The molecule has 0 unspecified atom stereocenters. The third-order valence-electron chi connectivity index (χ3n) is 3.54. The highest BCUT2D eigenvalue weighted by Crippen LogP contribution is 2.34. The topological polar surface area (TPSA) is 93.7 Å². The summed E-state index contributed by atoms with van der Waals surface area (Å²) in [5.41, 5.74) is 0.383. The number of sulfonamides is 1. The van der Waals surface area contributed by atoms with E-state index in [-0.39, 0.29) is 23.1 Å². The molecule has 0 saturated carbocycles.